The van der Waals surface area contributed by atoms with Crippen LogP contribution in [0.4, 0.5) is 4.79 Å². The lowest BCUT2D eigenvalue weighted by Crippen LogP contribution is -2.42. The van der Waals surface area contributed by atoms with E-state index < -0.39 is 5.60 Å². The summed E-state index contributed by atoms with van der Waals surface area (Å²) in [6.45, 7) is 9.07. The molecule has 2 heterocycles. The average Bonchev–Trinajstić information content (AvgIpc) is 2.73. The molecule has 0 N–H and O–H groups in total. The van der Waals surface area contributed by atoms with Gasteiger partial charge in [-0.1, -0.05) is 5.21 Å². The number of ether oxygens (including phenoxy) is 1. The molecule has 0 aromatic carbocycles. The zero-order chi connectivity index (χ0) is 14.0. The third kappa shape index (κ3) is 3.45. The van der Waals surface area contributed by atoms with Crippen LogP contribution in [0.1, 0.15) is 45.3 Å². The van der Waals surface area contributed by atoms with Gasteiger partial charge in [0, 0.05) is 13.1 Å². The summed E-state index contributed by atoms with van der Waals surface area (Å²) in [5, 5.41) is 8.01. The lowest BCUT2D eigenvalue weighted by molar-refractivity contribution is 0.0184. The second-order valence-corrected chi connectivity index (χ2v) is 6.02. The maximum absolute atomic E-state index is 11.9. The number of amides is 1. The van der Waals surface area contributed by atoms with Crippen LogP contribution in [0, 0.1) is 6.92 Å². The molecule has 0 bridgehead atoms. The highest BCUT2D eigenvalue weighted by Crippen LogP contribution is 2.23. The lowest BCUT2D eigenvalue weighted by atomic mass is 10.1. The van der Waals surface area contributed by atoms with E-state index >= 15 is 0 Å². The fourth-order valence-electron chi connectivity index (χ4n) is 2.28. The van der Waals surface area contributed by atoms with Crippen molar-refractivity contribution in [3.63, 3.8) is 0 Å². The number of hydrogen-bond donors (Lipinski definition) is 0. The minimum atomic E-state index is -0.434. The Labute approximate surface area is 113 Å². The molecule has 0 atom stereocenters. The van der Waals surface area contributed by atoms with Crippen LogP contribution in [0.2, 0.25) is 0 Å². The fraction of sp³-hybridized carbons (Fsp3) is 0.769. The summed E-state index contributed by atoms with van der Waals surface area (Å²) < 4.78 is 7.33. The van der Waals surface area contributed by atoms with Gasteiger partial charge in [0.15, 0.2) is 0 Å². The first-order chi connectivity index (χ1) is 8.87. The first-order valence-electron chi connectivity index (χ1n) is 6.71. The highest BCUT2D eigenvalue weighted by atomic mass is 16.6. The number of likely N-dealkylation sites (tertiary alicyclic amines) is 1. The van der Waals surface area contributed by atoms with Gasteiger partial charge >= 0.3 is 6.09 Å². The third-order valence-electron chi connectivity index (χ3n) is 3.22. The molecule has 0 radical (unpaired) electrons. The Morgan fingerprint density at radius 1 is 1.37 bits per heavy atom. The van der Waals surface area contributed by atoms with Crippen molar-refractivity contribution >= 4 is 6.09 Å². The van der Waals surface area contributed by atoms with E-state index in [1.54, 1.807) is 11.1 Å². The largest absolute Gasteiger partial charge is 0.444 e. The van der Waals surface area contributed by atoms with Crippen molar-refractivity contribution in [2.75, 3.05) is 13.1 Å². The Bertz CT molecular complexity index is 442. The maximum Gasteiger partial charge on any atom is 0.410 e. The monoisotopic (exact) mass is 266 g/mol. The van der Waals surface area contributed by atoms with Crippen molar-refractivity contribution in [2.45, 2.75) is 52.2 Å². The zero-order valence-corrected chi connectivity index (χ0v) is 12.1. The Morgan fingerprint density at radius 3 is 2.47 bits per heavy atom. The summed E-state index contributed by atoms with van der Waals surface area (Å²) in [5.41, 5.74) is 0.631. The maximum atomic E-state index is 11.9. The van der Waals surface area contributed by atoms with Crippen molar-refractivity contribution in [1.82, 2.24) is 19.9 Å². The molecule has 0 unspecified atom stereocenters. The number of aromatic nitrogens is 3. The molecule has 1 amide bonds. The SMILES string of the molecule is Cc1cnnn1C1CCN(C(=O)OC(C)(C)C)CC1. The summed E-state index contributed by atoms with van der Waals surface area (Å²) >= 11 is 0. The summed E-state index contributed by atoms with van der Waals surface area (Å²) in [6, 6.07) is 0.334. The van der Waals surface area contributed by atoms with Gasteiger partial charge in [0.25, 0.3) is 0 Å². The Balaban J connectivity index is 1.89. The molecular weight excluding hydrogens is 244 g/mol. The van der Waals surface area contributed by atoms with Crippen LogP contribution in [0.15, 0.2) is 6.20 Å². The van der Waals surface area contributed by atoms with E-state index in [0.29, 0.717) is 19.1 Å². The predicted molar refractivity (Wildman–Crippen MR) is 70.8 cm³/mol. The topological polar surface area (TPSA) is 60.2 Å². The molecule has 6 nitrogen and oxygen atoms in total. The third-order valence-corrected chi connectivity index (χ3v) is 3.22. The number of carbonyl (C=O) groups excluding carboxylic acids is 1. The van der Waals surface area contributed by atoms with E-state index in [0.717, 1.165) is 18.5 Å². The molecule has 0 saturated carbocycles. The molecule has 19 heavy (non-hydrogen) atoms. The molecule has 0 spiro atoms. The Hall–Kier alpha value is -1.59. The lowest BCUT2D eigenvalue weighted by Gasteiger charge is -2.33. The van der Waals surface area contributed by atoms with Gasteiger partial charge in [-0.25, -0.2) is 9.48 Å². The summed E-state index contributed by atoms with van der Waals surface area (Å²) in [5.74, 6) is 0. The molecular formula is C13H22N4O2. The molecule has 1 aliphatic heterocycles. The van der Waals surface area contributed by atoms with Crippen LogP contribution in [-0.2, 0) is 4.74 Å². The normalized spacial score (nSPS) is 17.6. The molecule has 1 aromatic heterocycles. The van der Waals surface area contributed by atoms with E-state index in [1.165, 1.54) is 0 Å². The number of aryl methyl sites for hydroxylation is 1. The minimum absolute atomic E-state index is 0.221. The molecule has 0 aliphatic carbocycles. The van der Waals surface area contributed by atoms with Gasteiger partial charge in [-0.2, -0.15) is 0 Å². The first-order valence-corrected chi connectivity index (χ1v) is 6.71. The van der Waals surface area contributed by atoms with Crippen molar-refractivity contribution in [1.29, 1.82) is 0 Å². The Morgan fingerprint density at radius 2 is 2.00 bits per heavy atom. The first kappa shape index (κ1) is 13.8. The quantitative estimate of drug-likeness (QED) is 0.781. The minimum Gasteiger partial charge on any atom is -0.444 e. The molecule has 6 heteroatoms. The standard InChI is InChI=1S/C13H22N4O2/c1-10-9-14-15-17(10)11-5-7-16(8-6-11)12(18)19-13(2,3)4/h9,11H,5-8H2,1-4H3. The van der Waals surface area contributed by atoms with Gasteiger partial charge in [0.05, 0.1) is 17.9 Å². The molecule has 1 aliphatic rings. The highest BCUT2D eigenvalue weighted by molar-refractivity contribution is 5.68. The van der Waals surface area contributed by atoms with E-state index in [-0.39, 0.29) is 6.09 Å². The van der Waals surface area contributed by atoms with Gasteiger partial charge < -0.3 is 9.64 Å². The van der Waals surface area contributed by atoms with Crippen molar-refractivity contribution in [3.05, 3.63) is 11.9 Å². The van der Waals surface area contributed by atoms with Crippen LogP contribution < -0.4 is 0 Å². The summed E-state index contributed by atoms with van der Waals surface area (Å²) in [4.78, 5) is 13.7. The van der Waals surface area contributed by atoms with Gasteiger partial charge in [-0.3, -0.25) is 0 Å². The smallest absolute Gasteiger partial charge is 0.410 e. The number of rotatable bonds is 1. The summed E-state index contributed by atoms with van der Waals surface area (Å²) in [7, 11) is 0. The average molecular weight is 266 g/mol. The highest BCUT2D eigenvalue weighted by Gasteiger charge is 2.28. The van der Waals surface area contributed by atoms with Crippen molar-refractivity contribution < 1.29 is 9.53 Å². The fourth-order valence-corrected chi connectivity index (χ4v) is 2.28. The van der Waals surface area contributed by atoms with E-state index in [1.807, 2.05) is 32.4 Å². The van der Waals surface area contributed by atoms with Gasteiger partial charge in [0.2, 0.25) is 0 Å². The van der Waals surface area contributed by atoms with Crippen molar-refractivity contribution in [3.8, 4) is 0 Å². The van der Waals surface area contributed by atoms with Gasteiger partial charge in [-0.15, -0.1) is 5.10 Å². The van der Waals surface area contributed by atoms with Gasteiger partial charge in [0.1, 0.15) is 5.60 Å². The van der Waals surface area contributed by atoms with E-state index in [9.17, 15) is 4.79 Å². The predicted octanol–water partition coefficient (Wildman–Crippen LogP) is 2.16. The summed E-state index contributed by atoms with van der Waals surface area (Å²) in [6.07, 6.45) is 3.33. The van der Waals surface area contributed by atoms with E-state index in [4.69, 9.17) is 4.74 Å². The van der Waals surface area contributed by atoms with Gasteiger partial charge in [-0.05, 0) is 40.5 Å². The molecule has 2 rings (SSSR count). The second kappa shape index (κ2) is 5.19. The molecule has 106 valence electrons. The molecule has 1 saturated heterocycles. The van der Waals surface area contributed by atoms with Crippen LogP contribution in [0.3, 0.4) is 0 Å². The number of nitrogens with zero attached hydrogens (tertiary/aromatic N) is 4. The van der Waals surface area contributed by atoms with Crippen LogP contribution in [-0.4, -0.2) is 44.7 Å². The Kier molecular flexibility index (Phi) is 3.78. The number of hydrogen-bond acceptors (Lipinski definition) is 4. The van der Waals surface area contributed by atoms with Crippen molar-refractivity contribution in [2.24, 2.45) is 0 Å². The second-order valence-electron chi connectivity index (χ2n) is 6.02. The van der Waals surface area contributed by atoms with Crippen LogP contribution >= 0.6 is 0 Å². The van der Waals surface area contributed by atoms with Crippen LogP contribution in [0.5, 0.6) is 0 Å². The number of piperidine rings is 1. The number of carbonyl (C=O) groups is 1. The van der Waals surface area contributed by atoms with Crippen LogP contribution in [0.25, 0.3) is 0 Å². The van der Waals surface area contributed by atoms with E-state index in [2.05, 4.69) is 10.3 Å². The molecule has 1 aromatic rings. The molecule has 1 fully saturated rings. The zero-order valence-electron chi connectivity index (χ0n) is 12.1.